The first kappa shape index (κ1) is 18.5. The Morgan fingerprint density at radius 1 is 1.27 bits per heavy atom. The molecule has 0 saturated carbocycles. The Balaban J connectivity index is 1.88. The summed E-state index contributed by atoms with van der Waals surface area (Å²) in [7, 11) is 0. The molecular formula is C20H25NO5. The van der Waals surface area contributed by atoms with Crippen molar-refractivity contribution in [3.05, 3.63) is 39.2 Å². The fraction of sp³-hybridized carbons (Fsp3) is 0.500. The maximum absolute atomic E-state index is 12.6. The molecule has 1 aromatic heterocycles. The molecule has 1 atom stereocenters. The molecule has 26 heavy (non-hydrogen) atoms. The number of ether oxygens (including phenoxy) is 1. The predicted molar refractivity (Wildman–Crippen MR) is 98.6 cm³/mol. The van der Waals surface area contributed by atoms with Crippen LogP contribution in [0.1, 0.15) is 36.0 Å². The fourth-order valence-corrected chi connectivity index (χ4v) is 3.54. The molecule has 140 valence electrons. The van der Waals surface area contributed by atoms with Crippen LogP contribution in [0.2, 0.25) is 0 Å². The zero-order valence-electron chi connectivity index (χ0n) is 15.5. The summed E-state index contributed by atoms with van der Waals surface area (Å²) in [5, 5.41) is 10.2. The number of aliphatic hydroxyl groups is 1. The van der Waals surface area contributed by atoms with E-state index < -0.39 is 0 Å². The first-order valence-electron chi connectivity index (χ1n) is 9.00. The molecular weight excluding hydrogens is 334 g/mol. The van der Waals surface area contributed by atoms with E-state index in [0.29, 0.717) is 23.4 Å². The summed E-state index contributed by atoms with van der Waals surface area (Å²) in [6.45, 7) is 5.97. The van der Waals surface area contributed by atoms with Crippen LogP contribution in [0.4, 0.5) is 0 Å². The summed E-state index contributed by atoms with van der Waals surface area (Å²) < 4.78 is 11.2. The van der Waals surface area contributed by atoms with Crippen molar-refractivity contribution in [2.75, 3.05) is 19.8 Å². The molecule has 0 aliphatic carbocycles. The molecule has 0 radical (unpaired) electrons. The number of carbonyl (C=O) groups is 1. The van der Waals surface area contributed by atoms with Crippen LogP contribution in [0.3, 0.4) is 0 Å². The largest absolute Gasteiger partial charge is 0.483 e. The van der Waals surface area contributed by atoms with Gasteiger partial charge < -0.3 is 19.2 Å². The van der Waals surface area contributed by atoms with Crippen molar-refractivity contribution in [2.45, 2.75) is 46.1 Å². The van der Waals surface area contributed by atoms with Crippen molar-refractivity contribution in [3.8, 4) is 5.75 Å². The summed E-state index contributed by atoms with van der Waals surface area (Å²) >= 11 is 0. The van der Waals surface area contributed by atoms with E-state index in [1.54, 1.807) is 17.9 Å². The van der Waals surface area contributed by atoms with E-state index in [0.717, 1.165) is 35.8 Å². The van der Waals surface area contributed by atoms with Crippen molar-refractivity contribution in [1.29, 1.82) is 0 Å². The number of nitrogens with zero attached hydrogens (tertiary/aromatic N) is 1. The number of aryl methyl sites for hydroxylation is 2. The van der Waals surface area contributed by atoms with Gasteiger partial charge in [-0.25, -0.2) is 4.79 Å². The number of aliphatic hydroxyl groups excluding tert-OH is 1. The summed E-state index contributed by atoms with van der Waals surface area (Å²) in [6.07, 6.45) is 2.79. The Hall–Kier alpha value is -2.34. The number of amides is 1. The molecule has 1 saturated heterocycles. The zero-order valence-corrected chi connectivity index (χ0v) is 15.5. The highest BCUT2D eigenvalue weighted by Gasteiger charge is 2.26. The number of fused-ring (bicyclic) bond motifs is 1. The third-order valence-electron chi connectivity index (χ3n) is 5.17. The summed E-state index contributed by atoms with van der Waals surface area (Å²) in [5.41, 5.74) is 2.32. The lowest BCUT2D eigenvalue weighted by Gasteiger charge is -2.34. The highest BCUT2D eigenvalue weighted by Crippen LogP contribution is 2.31. The van der Waals surface area contributed by atoms with Crippen LogP contribution < -0.4 is 10.4 Å². The van der Waals surface area contributed by atoms with E-state index >= 15 is 0 Å². The predicted octanol–water partition coefficient (Wildman–Crippen LogP) is 2.47. The quantitative estimate of drug-likeness (QED) is 0.849. The Morgan fingerprint density at radius 2 is 2.04 bits per heavy atom. The van der Waals surface area contributed by atoms with Gasteiger partial charge in [-0.2, -0.15) is 0 Å². The van der Waals surface area contributed by atoms with Crippen LogP contribution in [0.25, 0.3) is 11.0 Å². The molecule has 0 spiro atoms. The Bertz CT molecular complexity index is 886. The summed E-state index contributed by atoms with van der Waals surface area (Å²) in [6, 6.07) is 3.52. The second-order valence-corrected chi connectivity index (χ2v) is 6.98. The number of piperidine rings is 1. The molecule has 0 bridgehead atoms. The number of hydrogen-bond acceptors (Lipinski definition) is 5. The van der Waals surface area contributed by atoms with E-state index in [1.165, 1.54) is 0 Å². The lowest BCUT2D eigenvalue weighted by molar-refractivity contribution is -0.138. The molecule has 2 aromatic rings. The van der Waals surface area contributed by atoms with E-state index in [2.05, 4.69) is 0 Å². The summed E-state index contributed by atoms with van der Waals surface area (Å²) in [5.74, 6) is 0.403. The van der Waals surface area contributed by atoms with Crippen molar-refractivity contribution >= 4 is 16.9 Å². The maximum Gasteiger partial charge on any atom is 0.339 e. The molecule has 1 aliphatic heterocycles. The van der Waals surface area contributed by atoms with E-state index in [4.69, 9.17) is 9.15 Å². The zero-order chi connectivity index (χ0) is 18.8. The maximum atomic E-state index is 12.6. The minimum atomic E-state index is -0.360. The standard InChI is InChI=1S/C20H25NO5/c1-12-8-16(19-13(2)14(3)20(24)26-17(19)9-12)25-11-18(23)21-7-5-4-6-15(21)10-22/h8-9,15,22H,4-7,10-11H2,1-3H3. The number of rotatable bonds is 4. The lowest BCUT2D eigenvalue weighted by atomic mass is 10.0. The van der Waals surface area contributed by atoms with Gasteiger partial charge in [0.05, 0.1) is 18.0 Å². The van der Waals surface area contributed by atoms with Crippen molar-refractivity contribution in [1.82, 2.24) is 4.90 Å². The SMILES string of the molecule is Cc1cc(OCC(=O)N2CCCCC2CO)c2c(C)c(C)c(=O)oc2c1. The molecule has 1 fully saturated rings. The smallest absolute Gasteiger partial charge is 0.339 e. The molecule has 6 nitrogen and oxygen atoms in total. The second kappa shape index (κ2) is 7.50. The normalized spacial score (nSPS) is 17.5. The molecule has 1 unspecified atom stereocenters. The van der Waals surface area contributed by atoms with Gasteiger partial charge in [-0.3, -0.25) is 4.79 Å². The number of hydrogen-bond donors (Lipinski definition) is 1. The van der Waals surface area contributed by atoms with Crippen LogP contribution in [0.5, 0.6) is 5.75 Å². The molecule has 6 heteroatoms. The second-order valence-electron chi connectivity index (χ2n) is 6.98. The highest BCUT2D eigenvalue weighted by molar-refractivity contribution is 5.88. The Kier molecular flexibility index (Phi) is 5.32. The van der Waals surface area contributed by atoms with Gasteiger partial charge in [-0.1, -0.05) is 0 Å². The van der Waals surface area contributed by atoms with Crippen molar-refractivity contribution in [2.24, 2.45) is 0 Å². The highest BCUT2D eigenvalue weighted by atomic mass is 16.5. The van der Waals surface area contributed by atoms with Gasteiger partial charge >= 0.3 is 5.63 Å². The molecule has 1 N–H and O–H groups in total. The topological polar surface area (TPSA) is 80.0 Å². The van der Waals surface area contributed by atoms with Crippen molar-refractivity contribution < 1.29 is 19.1 Å². The van der Waals surface area contributed by atoms with Gasteiger partial charge in [0.1, 0.15) is 11.3 Å². The van der Waals surface area contributed by atoms with Crippen LogP contribution >= 0.6 is 0 Å². The first-order chi connectivity index (χ1) is 12.4. The number of carbonyl (C=O) groups excluding carboxylic acids is 1. The Morgan fingerprint density at radius 3 is 2.77 bits per heavy atom. The van der Waals surface area contributed by atoms with Gasteiger partial charge in [-0.15, -0.1) is 0 Å². The average Bonchev–Trinajstić information content (AvgIpc) is 2.63. The fourth-order valence-electron chi connectivity index (χ4n) is 3.54. The van der Waals surface area contributed by atoms with Gasteiger partial charge in [0.2, 0.25) is 0 Å². The minimum absolute atomic E-state index is 0.0252. The third-order valence-corrected chi connectivity index (χ3v) is 5.17. The molecule has 1 amide bonds. The molecule has 1 aromatic carbocycles. The monoisotopic (exact) mass is 359 g/mol. The van der Waals surface area contributed by atoms with Crippen LogP contribution in [-0.4, -0.2) is 41.7 Å². The molecule has 1 aliphatic rings. The number of likely N-dealkylation sites (tertiary alicyclic amines) is 1. The number of benzene rings is 1. The minimum Gasteiger partial charge on any atom is -0.483 e. The summed E-state index contributed by atoms with van der Waals surface area (Å²) in [4.78, 5) is 26.2. The van der Waals surface area contributed by atoms with Crippen LogP contribution in [0.15, 0.2) is 21.3 Å². The van der Waals surface area contributed by atoms with Gasteiger partial charge in [0, 0.05) is 12.1 Å². The Labute approximate surface area is 152 Å². The van der Waals surface area contributed by atoms with E-state index in [1.807, 2.05) is 19.9 Å². The van der Waals surface area contributed by atoms with E-state index in [9.17, 15) is 14.7 Å². The van der Waals surface area contributed by atoms with Crippen LogP contribution in [0, 0.1) is 20.8 Å². The van der Waals surface area contributed by atoms with E-state index in [-0.39, 0.29) is 30.8 Å². The average molecular weight is 359 g/mol. The van der Waals surface area contributed by atoms with Crippen LogP contribution in [-0.2, 0) is 4.79 Å². The van der Waals surface area contributed by atoms with Gasteiger partial charge in [0.25, 0.3) is 5.91 Å². The van der Waals surface area contributed by atoms with Crippen molar-refractivity contribution in [3.63, 3.8) is 0 Å². The first-order valence-corrected chi connectivity index (χ1v) is 9.00. The molecule has 2 heterocycles. The third kappa shape index (κ3) is 3.46. The van der Waals surface area contributed by atoms with Gasteiger partial charge in [-0.05, 0) is 63.3 Å². The lowest BCUT2D eigenvalue weighted by Crippen LogP contribution is -2.47. The van der Waals surface area contributed by atoms with Gasteiger partial charge in [0.15, 0.2) is 6.61 Å². The molecule has 3 rings (SSSR count).